The van der Waals surface area contributed by atoms with E-state index in [9.17, 15) is 9.90 Å². The molecular weight excluding hydrogens is 152 g/mol. The molecule has 0 aliphatic carbocycles. The van der Waals surface area contributed by atoms with Crippen molar-refractivity contribution in [2.75, 3.05) is 0 Å². The molecule has 0 N–H and O–H groups in total. The van der Waals surface area contributed by atoms with Crippen molar-refractivity contribution in [1.29, 1.82) is 0 Å². The van der Waals surface area contributed by atoms with Gasteiger partial charge in [-0.25, -0.2) is 5.11 Å². The Hall–Kier alpha value is -1.15. The average Bonchev–Trinajstić information content (AvgIpc) is 2.17. The summed E-state index contributed by atoms with van der Waals surface area (Å²) < 4.78 is 0. The maximum Gasteiger partial charge on any atom is 0.194 e. The fourth-order valence-corrected chi connectivity index (χ4v) is 0.974. The van der Waals surface area contributed by atoms with Crippen molar-refractivity contribution in [3.05, 3.63) is 35.9 Å². The van der Waals surface area contributed by atoms with Crippen LogP contribution in [0.15, 0.2) is 30.3 Å². The molecule has 12 heavy (non-hydrogen) atoms. The molecule has 0 spiro atoms. The van der Waals surface area contributed by atoms with Crippen LogP contribution in [-0.4, -0.2) is 11.9 Å². The van der Waals surface area contributed by atoms with E-state index < -0.39 is 6.10 Å². The van der Waals surface area contributed by atoms with E-state index in [4.69, 9.17) is 0 Å². The Morgan fingerprint density at radius 3 is 2.42 bits per heavy atom. The number of hydrogen-bond donors (Lipinski definition) is 0. The van der Waals surface area contributed by atoms with Crippen LogP contribution in [0.5, 0.6) is 0 Å². The number of carbonyl (C=O) groups is 1. The third-order valence-corrected chi connectivity index (χ3v) is 1.72. The van der Waals surface area contributed by atoms with Gasteiger partial charge in [0.05, 0.1) is 0 Å². The Bertz CT molecular complexity index is 254. The van der Waals surface area contributed by atoms with Crippen LogP contribution in [0.3, 0.4) is 0 Å². The second-order valence-corrected chi connectivity index (χ2v) is 2.63. The quantitative estimate of drug-likeness (QED) is 0.628. The van der Waals surface area contributed by atoms with Gasteiger partial charge in [-0.1, -0.05) is 37.3 Å². The minimum absolute atomic E-state index is 0.307. The van der Waals surface area contributed by atoms with Gasteiger partial charge >= 0.3 is 0 Å². The number of carbonyl (C=O) groups excluding carboxylic acids is 1. The van der Waals surface area contributed by atoms with E-state index in [1.165, 1.54) is 0 Å². The van der Waals surface area contributed by atoms with Crippen LogP contribution in [0, 0.1) is 0 Å². The maximum absolute atomic E-state index is 11.3. The molecule has 0 aliphatic rings. The molecule has 1 aromatic carbocycles. The van der Waals surface area contributed by atoms with Crippen LogP contribution < -0.4 is 0 Å². The van der Waals surface area contributed by atoms with E-state index in [1.54, 1.807) is 31.2 Å². The Labute approximate surface area is 71.8 Å². The van der Waals surface area contributed by atoms with E-state index in [1.807, 2.05) is 6.07 Å². The van der Waals surface area contributed by atoms with Crippen LogP contribution in [0.25, 0.3) is 0 Å². The first kappa shape index (κ1) is 8.94. The highest BCUT2D eigenvalue weighted by Gasteiger charge is 2.15. The SMILES string of the molecule is CCC([O])C(=O)c1ccccc1. The molecule has 0 amide bonds. The molecule has 0 aromatic heterocycles. The average molecular weight is 163 g/mol. The summed E-state index contributed by atoms with van der Waals surface area (Å²) in [5.41, 5.74) is 0.513. The summed E-state index contributed by atoms with van der Waals surface area (Å²) in [5, 5.41) is 11.0. The summed E-state index contributed by atoms with van der Waals surface area (Å²) in [6.45, 7) is 1.72. The molecule has 0 saturated heterocycles. The van der Waals surface area contributed by atoms with Gasteiger partial charge in [-0.2, -0.15) is 0 Å². The van der Waals surface area contributed by atoms with Crippen LogP contribution >= 0.6 is 0 Å². The molecule has 0 heterocycles. The summed E-state index contributed by atoms with van der Waals surface area (Å²) in [7, 11) is 0. The molecular formula is C10H11O2. The van der Waals surface area contributed by atoms with Gasteiger partial charge in [0, 0.05) is 5.56 Å². The van der Waals surface area contributed by atoms with Crippen molar-refractivity contribution in [3.8, 4) is 0 Å². The van der Waals surface area contributed by atoms with Crippen molar-refractivity contribution < 1.29 is 9.90 Å². The third kappa shape index (κ3) is 1.92. The lowest BCUT2D eigenvalue weighted by Crippen LogP contribution is -2.17. The summed E-state index contributed by atoms with van der Waals surface area (Å²) in [6, 6.07) is 8.68. The Morgan fingerprint density at radius 2 is 1.92 bits per heavy atom. The van der Waals surface area contributed by atoms with E-state index in [0.29, 0.717) is 12.0 Å². The Balaban J connectivity index is 2.79. The number of rotatable bonds is 3. The van der Waals surface area contributed by atoms with Crippen molar-refractivity contribution in [2.45, 2.75) is 19.4 Å². The molecule has 1 aromatic rings. The Kier molecular flexibility index (Phi) is 3.00. The number of benzene rings is 1. The topological polar surface area (TPSA) is 37.0 Å². The van der Waals surface area contributed by atoms with Gasteiger partial charge in [0.25, 0.3) is 0 Å². The molecule has 0 bridgehead atoms. The molecule has 0 saturated carbocycles. The Morgan fingerprint density at radius 1 is 1.33 bits per heavy atom. The molecule has 1 radical (unpaired) electrons. The fourth-order valence-electron chi connectivity index (χ4n) is 0.974. The van der Waals surface area contributed by atoms with E-state index in [2.05, 4.69) is 0 Å². The van der Waals surface area contributed by atoms with Gasteiger partial charge in [0.15, 0.2) is 11.9 Å². The lowest BCUT2D eigenvalue weighted by atomic mass is 10.1. The predicted molar refractivity (Wildman–Crippen MR) is 45.5 cm³/mol. The van der Waals surface area contributed by atoms with Gasteiger partial charge in [0.1, 0.15) is 0 Å². The normalized spacial score (nSPS) is 12.5. The molecule has 2 nitrogen and oxygen atoms in total. The minimum atomic E-state index is -1.10. The first-order valence-corrected chi connectivity index (χ1v) is 4.00. The zero-order chi connectivity index (χ0) is 8.97. The van der Waals surface area contributed by atoms with Crippen LogP contribution in [0.4, 0.5) is 0 Å². The monoisotopic (exact) mass is 163 g/mol. The first-order chi connectivity index (χ1) is 5.75. The summed E-state index contributed by atoms with van der Waals surface area (Å²) >= 11 is 0. The number of ketones is 1. The standard InChI is InChI=1S/C10H11O2/c1-2-9(11)10(12)8-6-4-3-5-7-8/h3-7,9H,2H2,1H3. The van der Waals surface area contributed by atoms with Crippen LogP contribution in [0.1, 0.15) is 23.7 Å². The van der Waals surface area contributed by atoms with Crippen molar-refractivity contribution >= 4 is 5.78 Å². The second kappa shape index (κ2) is 4.02. The predicted octanol–water partition coefficient (Wildman–Crippen LogP) is 2.08. The fraction of sp³-hybridized carbons (Fsp3) is 0.300. The van der Waals surface area contributed by atoms with E-state index in [-0.39, 0.29) is 5.78 Å². The maximum atomic E-state index is 11.3. The summed E-state index contributed by atoms with van der Waals surface area (Å²) in [4.78, 5) is 11.3. The second-order valence-electron chi connectivity index (χ2n) is 2.63. The molecule has 1 atom stereocenters. The van der Waals surface area contributed by atoms with Gasteiger partial charge in [-0.05, 0) is 6.42 Å². The van der Waals surface area contributed by atoms with E-state index >= 15 is 0 Å². The van der Waals surface area contributed by atoms with Gasteiger partial charge < -0.3 is 0 Å². The van der Waals surface area contributed by atoms with Gasteiger partial charge in [-0.15, -0.1) is 0 Å². The van der Waals surface area contributed by atoms with Gasteiger partial charge in [0.2, 0.25) is 0 Å². The molecule has 63 valence electrons. The lowest BCUT2D eigenvalue weighted by molar-refractivity contribution is 0.0535. The zero-order valence-corrected chi connectivity index (χ0v) is 6.99. The molecule has 1 unspecified atom stereocenters. The largest absolute Gasteiger partial charge is 0.291 e. The summed E-state index contributed by atoms with van der Waals surface area (Å²) in [5.74, 6) is -0.307. The highest BCUT2D eigenvalue weighted by Crippen LogP contribution is 2.05. The van der Waals surface area contributed by atoms with Crippen molar-refractivity contribution in [2.24, 2.45) is 0 Å². The minimum Gasteiger partial charge on any atom is -0.291 e. The zero-order valence-electron chi connectivity index (χ0n) is 6.99. The smallest absolute Gasteiger partial charge is 0.194 e. The number of hydrogen-bond acceptors (Lipinski definition) is 1. The molecule has 0 fully saturated rings. The molecule has 1 rings (SSSR count). The summed E-state index contributed by atoms with van der Waals surface area (Å²) in [6.07, 6.45) is -0.749. The highest BCUT2D eigenvalue weighted by molar-refractivity contribution is 5.99. The van der Waals surface area contributed by atoms with Crippen LogP contribution in [0.2, 0.25) is 0 Å². The van der Waals surface area contributed by atoms with Crippen LogP contribution in [-0.2, 0) is 5.11 Å². The van der Waals surface area contributed by atoms with Crippen molar-refractivity contribution in [3.63, 3.8) is 0 Å². The molecule has 2 heteroatoms. The van der Waals surface area contributed by atoms with Gasteiger partial charge in [-0.3, -0.25) is 4.79 Å². The lowest BCUT2D eigenvalue weighted by Gasteiger charge is -2.02. The van der Waals surface area contributed by atoms with E-state index in [0.717, 1.165) is 0 Å². The third-order valence-electron chi connectivity index (χ3n) is 1.72. The molecule has 0 aliphatic heterocycles. The first-order valence-electron chi connectivity index (χ1n) is 4.00. The highest BCUT2D eigenvalue weighted by atomic mass is 16.3. The number of Topliss-reactive ketones (excluding diaryl/α,β-unsaturated/α-hetero) is 1. The van der Waals surface area contributed by atoms with Crippen molar-refractivity contribution in [1.82, 2.24) is 0 Å².